The smallest absolute Gasteiger partial charge is 0.293 e. The van der Waals surface area contributed by atoms with E-state index in [9.17, 15) is 9.59 Å². The van der Waals surface area contributed by atoms with Crippen molar-refractivity contribution in [3.05, 3.63) is 106 Å². The van der Waals surface area contributed by atoms with Gasteiger partial charge in [-0.2, -0.15) is 4.98 Å². The minimum atomic E-state index is -0.454. The van der Waals surface area contributed by atoms with Crippen molar-refractivity contribution in [2.45, 2.75) is 0 Å². The van der Waals surface area contributed by atoms with E-state index in [1.54, 1.807) is 54.7 Å². The van der Waals surface area contributed by atoms with Crippen LogP contribution in [0, 0.1) is 0 Å². The number of hydrogen-bond acceptors (Lipinski definition) is 8. The van der Waals surface area contributed by atoms with E-state index in [2.05, 4.69) is 49.6 Å². The lowest BCUT2D eigenvalue weighted by Gasteiger charge is -2.34. The summed E-state index contributed by atoms with van der Waals surface area (Å²) >= 11 is 6.54. The highest BCUT2D eigenvalue weighted by Gasteiger charge is 2.18. The van der Waals surface area contributed by atoms with Gasteiger partial charge < -0.3 is 25.3 Å². The minimum Gasteiger partial charge on any atom is -0.412 e. The summed E-state index contributed by atoms with van der Waals surface area (Å²) < 4.78 is 1.11. The fourth-order valence-electron chi connectivity index (χ4n) is 5.04. The summed E-state index contributed by atoms with van der Waals surface area (Å²) in [5, 5.41) is 6.99. The molecule has 0 bridgehead atoms. The Hall–Kier alpha value is -4.93. The third-order valence-corrected chi connectivity index (χ3v) is 7.76. The molecule has 6 rings (SSSR count). The maximum atomic E-state index is 13.6. The minimum absolute atomic E-state index is 0.274. The number of rotatable bonds is 7. The molecule has 0 spiro atoms. The summed E-state index contributed by atoms with van der Waals surface area (Å²) in [6.07, 6.45) is 1.62. The van der Waals surface area contributed by atoms with E-state index in [1.165, 1.54) is 12.8 Å². The second-order valence-corrected chi connectivity index (χ2v) is 10.7. The number of carbonyl (C=O) groups excluding carboxylic acids is 1. The number of piperazine rings is 1. The summed E-state index contributed by atoms with van der Waals surface area (Å²) in [5.74, 6) is 0.0468. The predicted molar refractivity (Wildman–Crippen MR) is 171 cm³/mol. The lowest BCUT2D eigenvalue weighted by Crippen LogP contribution is -2.44. The topological polar surface area (TPSA) is 105 Å². The SMILES string of the molecule is COn1c(=O)c(-c2cc(NC(=O)c3ccccc3)ccc2Cl)cc2cnc(Nc3ccc(N4CCN(C)CC4)cc3)nc21. The van der Waals surface area contributed by atoms with Crippen molar-refractivity contribution in [2.24, 2.45) is 0 Å². The van der Waals surface area contributed by atoms with Gasteiger partial charge in [0.1, 0.15) is 7.11 Å². The first-order valence-electron chi connectivity index (χ1n) is 13.8. The molecule has 1 fully saturated rings. The van der Waals surface area contributed by atoms with Crippen molar-refractivity contribution in [2.75, 3.05) is 55.9 Å². The Kier molecular flexibility index (Phi) is 7.95. The molecule has 10 nitrogen and oxygen atoms in total. The van der Waals surface area contributed by atoms with Crippen LogP contribution in [0.1, 0.15) is 10.4 Å². The molecule has 0 saturated carbocycles. The van der Waals surface area contributed by atoms with Gasteiger partial charge in [0.2, 0.25) is 5.95 Å². The second-order valence-electron chi connectivity index (χ2n) is 10.3. The van der Waals surface area contributed by atoms with Gasteiger partial charge in [-0.25, -0.2) is 4.98 Å². The highest BCUT2D eigenvalue weighted by Crippen LogP contribution is 2.31. The lowest BCUT2D eigenvalue weighted by atomic mass is 10.1. The molecule has 0 atom stereocenters. The van der Waals surface area contributed by atoms with Gasteiger partial charge in [-0.05, 0) is 67.7 Å². The largest absolute Gasteiger partial charge is 0.412 e. The Morgan fingerprint density at radius 2 is 1.63 bits per heavy atom. The highest BCUT2D eigenvalue weighted by molar-refractivity contribution is 6.33. The van der Waals surface area contributed by atoms with Gasteiger partial charge in [0, 0.05) is 71.0 Å². The van der Waals surface area contributed by atoms with Gasteiger partial charge in [0.15, 0.2) is 5.65 Å². The number of pyridine rings is 1. The Bertz CT molecular complexity index is 1840. The van der Waals surface area contributed by atoms with Crippen molar-refractivity contribution in [1.29, 1.82) is 0 Å². The molecular weight excluding hydrogens is 566 g/mol. The van der Waals surface area contributed by atoms with E-state index in [1.807, 2.05) is 18.2 Å². The molecule has 3 aromatic carbocycles. The van der Waals surface area contributed by atoms with Crippen molar-refractivity contribution in [3.8, 4) is 11.1 Å². The number of benzene rings is 3. The van der Waals surface area contributed by atoms with Crippen LogP contribution in [0.4, 0.5) is 23.0 Å². The van der Waals surface area contributed by atoms with Gasteiger partial charge in [-0.3, -0.25) is 9.59 Å². The van der Waals surface area contributed by atoms with Gasteiger partial charge in [-0.1, -0.05) is 29.8 Å². The Morgan fingerprint density at radius 3 is 2.35 bits per heavy atom. The fourth-order valence-corrected chi connectivity index (χ4v) is 5.26. The van der Waals surface area contributed by atoms with Crippen LogP contribution in [0.3, 0.4) is 0 Å². The molecular formula is C32H30ClN7O3. The van der Waals surface area contributed by atoms with Crippen molar-refractivity contribution in [3.63, 3.8) is 0 Å². The van der Waals surface area contributed by atoms with Crippen molar-refractivity contribution >= 4 is 51.6 Å². The molecule has 5 aromatic rings. The Balaban J connectivity index is 1.27. The Labute approximate surface area is 253 Å². The van der Waals surface area contributed by atoms with E-state index in [-0.39, 0.29) is 11.5 Å². The quantitative estimate of drug-likeness (QED) is 0.273. The van der Waals surface area contributed by atoms with Gasteiger partial charge in [0.05, 0.1) is 5.56 Å². The molecule has 0 unspecified atom stereocenters. The first-order chi connectivity index (χ1) is 20.9. The lowest BCUT2D eigenvalue weighted by molar-refractivity contribution is 0.102. The van der Waals surface area contributed by atoms with E-state index < -0.39 is 5.56 Å². The molecule has 218 valence electrons. The number of anilines is 4. The summed E-state index contributed by atoms with van der Waals surface area (Å²) in [7, 11) is 3.54. The average molecular weight is 596 g/mol. The van der Waals surface area contributed by atoms with Gasteiger partial charge in [0.25, 0.3) is 11.5 Å². The average Bonchev–Trinajstić information content (AvgIpc) is 3.03. The number of amides is 1. The predicted octanol–water partition coefficient (Wildman–Crippen LogP) is 4.92. The molecule has 1 aliphatic heterocycles. The highest BCUT2D eigenvalue weighted by atomic mass is 35.5. The molecule has 11 heteroatoms. The van der Waals surface area contributed by atoms with Crippen molar-refractivity contribution < 1.29 is 9.63 Å². The fraction of sp³-hybridized carbons (Fsp3) is 0.188. The van der Waals surface area contributed by atoms with Gasteiger partial charge >= 0.3 is 0 Å². The van der Waals surface area contributed by atoms with Crippen molar-refractivity contribution in [1.82, 2.24) is 19.6 Å². The molecule has 0 aliphatic carbocycles. The molecule has 1 amide bonds. The third-order valence-electron chi connectivity index (χ3n) is 7.43. The van der Waals surface area contributed by atoms with Crippen LogP contribution in [0.5, 0.6) is 0 Å². The molecule has 3 heterocycles. The Morgan fingerprint density at radius 1 is 0.907 bits per heavy atom. The number of likely N-dealkylation sites (N-methyl/N-ethyl adjacent to an activating group) is 1. The third kappa shape index (κ3) is 6.01. The van der Waals surface area contributed by atoms with Crippen LogP contribution >= 0.6 is 11.6 Å². The van der Waals surface area contributed by atoms with Crippen LogP contribution < -0.4 is 25.9 Å². The maximum Gasteiger partial charge on any atom is 0.293 e. The number of nitrogens with one attached hydrogen (secondary N) is 2. The summed E-state index contributed by atoms with van der Waals surface area (Å²) in [5.41, 5.74) is 3.55. The van der Waals surface area contributed by atoms with Crippen LogP contribution in [-0.4, -0.2) is 65.8 Å². The number of carbonyl (C=O) groups is 1. The number of halogens is 1. The zero-order chi connectivity index (χ0) is 29.9. The van der Waals surface area contributed by atoms with E-state index in [0.717, 1.165) is 36.6 Å². The number of fused-ring (bicyclic) bond motifs is 1. The molecule has 0 radical (unpaired) electrons. The van der Waals surface area contributed by atoms with E-state index >= 15 is 0 Å². The number of aromatic nitrogens is 3. The summed E-state index contributed by atoms with van der Waals surface area (Å²) in [6.45, 7) is 4.06. The van der Waals surface area contributed by atoms with Gasteiger partial charge in [-0.15, -0.1) is 4.73 Å². The monoisotopic (exact) mass is 595 g/mol. The normalized spacial score (nSPS) is 13.6. The van der Waals surface area contributed by atoms with Crippen LogP contribution in [0.2, 0.25) is 5.02 Å². The summed E-state index contributed by atoms with van der Waals surface area (Å²) in [4.78, 5) is 45.5. The van der Waals surface area contributed by atoms with Crippen LogP contribution in [0.15, 0.2) is 89.9 Å². The molecule has 43 heavy (non-hydrogen) atoms. The first-order valence-corrected chi connectivity index (χ1v) is 14.2. The zero-order valence-corrected chi connectivity index (χ0v) is 24.5. The number of hydrogen-bond donors (Lipinski definition) is 2. The molecule has 1 saturated heterocycles. The van der Waals surface area contributed by atoms with Crippen LogP contribution in [-0.2, 0) is 0 Å². The van der Waals surface area contributed by atoms with E-state index in [0.29, 0.717) is 38.8 Å². The van der Waals surface area contributed by atoms with E-state index in [4.69, 9.17) is 16.4 Å². The number of nitrogens with zero attached hydrogens (tertiary/aromatic N) is 5. The second kappa shape index (κ2) is 12.1. The molecule has 2 N–H and O–H groups in total. The standard InChI is InChI=1S/C32H30ClN7O3/c1-38-14-16-39(17-15-38)25-11-8-23(9-12-25)36-32-34-20-22-18-27(31(42)40(43-2)29(22)37-32)26-19-24(10-13-28(26)33)35-30(41)21-6-4-3-5-7-21/h3-13,18-20H,14-17H2,1-2H3,(H,35,41)(H,34,36,37). The van der Waals surface area contributed by atoms with Crippen LogP contribution in [0.25, 0.3) is 22.2 Å². The molecule has 1 aliphatic rings. The first kappa shape index (κ1) is 28.2. The molecule has 2 aromatic heterocycles. The summed E-state index contributed by atoms with van der Waals surface area (Å²) in [6, 6.07) is 23.6. The zero-order valence-electron chi connectivity index (χ0n) is 23.8. The maximum absolute atomic E-state index is 13.6.